The van der Waals surface area contributed by atoms with E-state index in [-0.39, 0.29) is 18.0 Å². The van der Waals surface area contributed by atoms with Gasteiger partial charge in [-0.3, -0.25) is 15.0 Å². The van der Waals surface area contributed by atoms with Crippen molar-refractivity contribution in [3.05, 3.63) is 0 Å². The van der Waals surface area contributed by atoms with Crippen molar-refractivity contribution in [1.29, 1.82) is 0 Å². The van der Waals surface area contributed by atoms with Gasteiger partial charge in [0.25, 0.3) is 0 Å². The summed E-state index contributed by atoms with van der Waals surface area (Å²) in [5, 5.41) is 8.13. The van der Waals surface area contributed by atoms with Crippen LogP contribution in [0.25, 0.3) is 0 Å². The Balaban J connectivity index is 2.42. The van der Waals surface area contributed by atoms with Crippen LogP contribution in [-0.2, 0) is 4.79 Å². The lowest BCUT2D eigenvalue weighted by atomic mass is 10.0. The summed E-state index contributed by atoms with van der Waals surface area (Å²) in [4.78, 5) is 24.9. The molecule has 3 N–H and O–H groups in total. The van der Waals surface area contributed by atoms with Crippen LogP contribution in [0.15, 0.2) is 0 Å². The second-order valence-electron chi connectivity index (χ2n) is 4.82. The molecule has 0 unspecified atom stereocenters. The van der Waals surface area contributed by atoms with Crippen LogP contribution < -0.4 is 16.0 Å². The van der Waals surface area contributed by atoms with Gasteiger partial charge in [0.2, 0.25) is 5.91 Å². The summed E-state index contributed by atoms with van der Waals surface area (Å²) in [6.45, 7) is 9.28. The quantitative estimate of drug-likeness (QED) is 0.625. The summed E-state index contributed by atoms with van der Waals surface area (Å²) in [6, 6.07) is -0.426. The normalized spacial score (nSPS) is 19.7. The van der Waals surface area contributed by atoms with Gasteiger partial charge in [-0.1, -0.05) is 0 Å². The third-order valence-corrected chi connectivity index (χ3v) is 2.90. The van der Waals surface area contributed by atoms with Crippen molar-refractivity contribution >= 4 is 11.9 Å². The first-order valence-corrected chi connectivity index (χ1v) is 5.99. The Labute approximate surface area is 102 Å². The lowest BCUT2D eigenvalue weighted by Crippen LogP contribution is -2.60. The topological polar surface area (TPSA) is 73.5 Å². The number of imide groups is 1. The second kappa shape index (κ2) is 5.97. The third-order valence-electron chi connectivity index (χ3n) is 2.90. The first kappa shape index (κ1) is 13.9. The second-order valence-corrected chi connectivity index (χ2v) is 4.82. The van der Waals surface area contributed by atoms with Crippen LogP contribution in [0.2, 0.25) is 0 Å². The highest BCUT2D eigenvalue weighted by atomic mass is 16.2. The summed E-state index contributed by atoms with van der Waals surface area (Å²) in [5.41, 5.74) is -0.0587. The average molecular weight is 242 g/mol. The Morgan fingerprint density at radius 3 is 2.71 bits per heavy atom. The van der Waals surface area contributed by atoms with Crippen molar-refractivity contribution in [3.8, 4) is 0 Å². The smallest absolute Gasteiger partial charge is 0.321 e. The largest absolute Gasteiger partial charge is 0.338 e. The van der Waals surface area contributed by atoms with Crippen molar-refractivity contribution in [1.82, 2.24) is 20.9 Å². The molecule has 1 saturated heterocycles. The fraction of sp³-hybridized carbons (Fsp3) is 0.818. The molecular weight excluding hydrogens is 220 g/mol. The van der Waals surface area contributed by atoms with Crippen molar-refractivity contribution in [2.24, 2.45) is 0 Å². The molecule has 0 aliphatic carbocycles. The van der Waals surface area contributed by atoms with Gasteiger partial charge in [0.15, 0.2) is 0 Å². The Kier molecular flexibility index (Phi) is 4.89. The van der Waals surface area contributed by atoms with Crippen LogP contribution >= 0.6 is 0 Å². The van der Waals surface area contributed by atoms with Gasteiger partial charge in [-0.2, -0.15) is 0 Å². The molecule has 1 aliphatic heterocycles. The number of urea groups is 1. The predicted molar refractivity (Wildman–Crippen MR) is 65.7 cm³/mol. The first-order chi connectivity index (χ1) is 7.95. The third kappa shape index (κ3) is 4.32. The molecule has 98 valence electrons. The molecule has 0 radical (unpaired) electrons. The fourth-order valence-corrected chi connectivity index (χ4v) is 1.86. The highest BCUT2D eigenvalue weighted by Crippen LogP contribution is 2.15. The SMILES string of the molecule is CCNC(=O)NC(=O)CN1CCNCC1(C)C. The lowest BCUT2D eigenvalue weighted by molar-refractivity contribution is -0.122. The Morgan fingerprint density at radius 1 is 1.41 bits per heavy atom. The highest BCUT2D eigenvalue weighted by molar-refractivity contribution is 5.95. The summed E-state index contributed by atoms with van der Waals surface area (Å²) >= 11 is 0. The average Bonchev–Trinajstić information content (AvgIpc) is 2.21. The van der Waals surface area contributed by atoms with Crippen molar-refractivity contribution in [2.75, 3.05) is 32.7 Å². The van der Waals surface area contributed by atoms with Crippen LogP contribution in [0.5, 0.6) is 0 Å². The van der Waals surface area contributed by atoms with Crippen molar-refractivity contribution in [3.63, 3.8) is 0 Å². The molecule has 1 fully saturated rings. The van der Waals surface area contributed by atoms with Gasteiger partial charge in [-0.15, -0.1) is 0 Å². The molecule has 1 heterocycles. The number of carbonyl (C=O) groups is 2. The molecule has 0 aromatic heterocycles. The Morgan fingerprint density at radius 2 is 2.12 bits per heavy atom. The lowest BCUT2D eigenvalue weighted by Gasteiger charge is -2.42. The molecule has 0 atom stereocenters. The molecule has 0 saturated carbocycles. The molecule has 1 aliphatic rings. The van der Waals surface area contributed by atoms with Gasteiger partial charge in [0.1, 0.15) is 0 Å². The number of amides is 3. The van der Waals surface area contributed by atoms with Crippen molar-refractivity contribution < 1.29 is 9.59 Å². The monoisotopic (exact) mass is 242 g/mol. The number of piperazine rings is 1. The zero-order valence-electron chi connectivity index (χ0n) is 10.8. The number of carbonyl (C=O) groups excluding carboxylic acids is 2. The zero-order chi connectivity index (χ0) is 12.9. The van der Waals surface area contributed by atoms with Gasteiger partial charge in [-0.05, 0) is 20.8 Å². The molecule has 6 heteroatoms. The Hall–Kier alpha value is -1.14. The summed E-state index contributed by atoms with van der Waals surface area (Å²) in [6.07, 6.45) is 0. The van der Waals surface area contributed by atoms with E-state index in [4.69, 9.17) is 0 Å². The molecule has 17 heavy (non-hydrogen) atoms. The van der Waals surface area contributed by atoms with Gasteiger partial charge in [0.05, 0.1) is 6.54 Å². The van der Waals surface area contributed by atoms with Gasteiger partial charge < -0.3 is 10.6 Å². The van der Waals surface area contributed by atoms with E-state index in [1.165, 1.54) is 0 Å². The number of nitrogens with zero attached hydrogens (tertiary/aromatic N) is 1. The van der Waals surface area contributed by atoms with Gasteiger partial charge in [-0.25, -0.2) is 4.79 Å². The summed E-state index contributed by atoms with van der Waals surface area (Å²) < 4.78 is 0. The van der Waals surface area contributed by atoms with E-state index in [0.29, 0.717) is 6.54 Å². The maximum absolute atomic E-state index is 11.7. The molecule has 3 amide bonds. The van der Waals surface area contributed by atoms with Crippen LogP contribution in [0.3, 0.4) is 0 Å². The number of nitrogens with one attached hydrogen (secondary N) is 3. The molecule has 1 rings (SSSR count). The van der Waals surface area contributed by atoms with E-state index in [1.54, 1.807) is 0 Å². The standard InChI is InChI=1S/C11H22N4O2/c1-4-13-10(17)14-9(16)7-15-6-5-12-8-11(15,2)3/h12H,4-8H2,1-3H3,(H2,13,14,16,17). The van der Waals surface area contributed by atoms with E-state index in [9.17, 15) is 9.59 Å². The van der Waals surface area contributed by atoms with Crippen molar-refractivity contribution in [2.45, 2.75) is 26.3 Å². The van der Waals surface area contributed by atoms with Crippen LogP contribution in [0.4, 0.5) is 4.79 Å². The van der Waals surface area contributed by atoms with Gasteiger partial charge >= 0.3 is 6.03 Å². The van der Waals surface area contributed by atoms with E-state index in [2.05, 4.69) is 34.7 Å². The minimum atomic E-state index is -0.426. The number of hydrogen-bond acceptors (Lipinski definition) is 4. The predicted octanol–water partition coefficient (Wildman–Crippen LogP) is -0.484. The maximum atomic E-state index is 11.7. The van der Waals surface area contributed by atoms with E-state index in [0.717, 1.165) is 19.6 Å². The number of rotatable bonds is 3. The fourth-order valence-electron chi connectivity index (χ4n) is 1.86. The molecule has 6 nitrogen and oxygen atoms in total. The minimum absolute atomic E-state index is 0.0587. The van der Waals surface area contributed by atoms with Crippen LogP contribution in [-0.4, -0.2) is 55.1 Å². The zero-order valence-corrected chi connectivity index (χ0v) is 10.8. The molecule has 0 aromatic carbocycles. The maximum Gasteiger partial charge on any atom is 0.321 e. The first-order valence-electron chi connectivity index (χ1n) is 5.99. The molecule has 0 spiro atoms. The van der Waals surface area contributed by atoms with Crippen LogP contribution in [0.1, 0.15) is 20.8 Å². The summed E-state index contributed by atoms with van der Waals surface area (Å²) in [5.74, 6) is -0.258. The van der Waals surface area contributed by atoms with E-state index in [1.807, 2.05) is 6.92 Å². The molecular formula is C11H22N4O2. The molecule has 0 bridgehead atoms. The van der Waals surface area contributed by atoms with E-state index < -0.39 is 6.03 Å². The molecule has 0 aromatic rings. The number of hydrogen-bond donors (Lipinski definition) is 3. The highest BCUT2D eigenvalue weighted by Gasteiger charge is 2.30. The Bertz CT molecular complexity index is 291. The minimum Gasteiger partial charge on any atom is -0.338 e. The summed E-state index contributed by atoms with van der Waals surface area (Å²) in [7, 11) is 0. The van der Waals surface area contributed by atoms with Gasteiger partial charge in [0, 0.05) is 31.7 Å². The van der Waals surface area contributed by atoms with E-state index >= 15 is 0 Å². The van der Waals surface area contributed by atoms with Crippen LogP contribution in [0, 0.1) is 0 Å².